The van der Waals surface area contributed by atoms with E-state index in [4.69, 9.17) is 26.1 Å². The van der Waals surface area contributed by atoms with Gasteiger partial charge in [-0.25, -0.2) is 0 Å². The molecule has 8 nitrogen and oxygen atoms in total. The lowest BCUT2D eigenvalue weighted by atomic mass is 10.1. The van der Waals surface area contributed by atoms with Gasteiger partial charge in [-0.05, 0) is 60.3 Å². The molecule has 34 heavy (non-hydrogen) atoms. The maximum absolute atomic E-state index is 13.0. The van der Waals surface area contributed by atoms with Crippen molar-refractivity contribution in [3.05, 3.63) is 77.6 Å². The first-order chi connectivity index (χ1) is 16.4. The van der Waals surface area contributed by atoms with Crippen molar-refractivity contribution in [3.8, 4) is 11.5 Å². The molecule has 0 aliphatic carbocycles. The number of rotatable bonds is 5. The third-order valence-electron chi connectivity index (χ3n) is 5.38. The van der Waals surface area contributed by atoms with Crippen molar-refractivity contribution in [2.24, 2.45) is 0 Å². The predicted octanol–water partition coefficient (Wildman–Crippen LogP) is 3.25. The summed E-state index contributed by atoms with van der Waals surface area (Å²) >= 11 is 5.07. The fourth-order valence-corrected chi connectivity index (χ4v) is 4.00. The summed E-state index contributed by atoms with van der Waals surface area (Å²) in [5.41, 5.74) is 1.45. The minimum absolute atomic E-state index is 0.0413. The second-order valence-electron chi connectivity index (χ2n) is 7.62. The van der Waals surface area contributed by atoms with Crippen molar-refractivity contribution >= 4 is 52.0 Å². The highest BCUT2D eigenvalue weighted by Gasteiger charge is 2.32. The fourth-order valence-electron chi connectivity index (χ4n) is 3.75. The van der Waals surface area contributed by atoms with Crippen LogP contribution < -0.4 is 14.8 Å². The number of nitrogens with one attached hydrogen (secondary N) is 1. The summed E-state index contributed by atoms with van der Waals surface area (Å²) in [5, 5.41) is 3.20. The van der Waals surface area contributed by atoms with Gasteiger partial charge in [-0.15, -0.1) is 6.58 Å². The Balaban J connectivity index is 1.44. The quantitative estimate of drug-likeness (QED) is 0.199. The van der Waals surface area contributed by atoms with Crippen LogP contribution >= 0.6 is 12.2 Å². The van der Waals surface area contributed by atoms with Crippen LogP contribution in [0.15, 0.2) is 65.1 Å². The number of ketones is 1. The number of carbonyl (C=O) groups excluding carboxylic acids is 3. The van der Waals surface area contributed by atoms with Crippen LogP contribution in [0.4, 0.5) is 0 Å². The number of ether oxygens (including phenoxy) is 2. The van der Waals surface area contributed by atoms with Gasteiger partial charge in [-0.2, -0.15) is 0 Å². The Kier molecular flexibility index (Phi) is 5.46. The van der Waals surface area contributed by atoms with Gasteiger partial charge in [0, 0.05) is 17.5 Å². The number of amides is 2. The molecule has 2 aromatic carbocycles. The molecule has 1 aromatic heterocycles. The zero-order chi connectivity index (χ0) is 23.8. The third kappa shape index (κ3) is 3.86. The lowest BCUT2D eigenvalue weighted by molar-refractivity contribution is -0.128. The van der Waals surface area contributed by atoms with Gasteiger partial charge >= 0.3 is 0 Å². The average molecular weight is 474 g/mol. The van der Waals surface area contributed by atoms with E-state index in [1.54, 1.807) is 42.5 Å². The second kappa shape index (κ2) is 8.60. The summed E-state index contributed by atoms with van der Waals surface area (Å²) in [6.45, 7) is 4.68. The molecule has 2 aliphatic heterocycles. The summed E-state index contributed by atoms with van der Waals surface area (Å²) in [6, 6.07) is 11.7. The van der Waals surface area contributed by atoms with Crippen molar-refractivity contribution in [2.75, 3.05) is 19.8 Å². The second-order valence-corrected chi connectivity index (χ2v) is 8.00. The summed E-state index contributed by atoms with van der Waals surface area (Å²) < 4.78 is 16.8. The maximum Gasteiger partial charge on any atom is 0.265 e. The first-order valence-corrected chi connectivity index (χ1v) is 10.8. The van der Waals surface area contributed by atoms with Crippen LogP contribution in [0.2, 0.25) is 0 Å². The molecule has 0 saturated carbocycles. The van der Waals surface area contributed by atoms with Crippen LogP contribution in [0.1, 0.15) is 21.7 Å². The average Bonchev–Trinajstić information content (AvgIpc) is 3.27. The molecule has 9 heteroatoms. The van der Waals surface area contributed by atoms with Crippen LogP contribution in [0.5, 0.6) is 11.5 Å². The molecular formula is C25H18N2O6S. The molecule has 1 saturated heterocycles. The van der Waals surface area contributed by atoms with E-state index in [0.717, 1.165) is 0 Å². The molecule has 5 rings (SSSR count). The number of benzene rings is 2. The molecule has 3 heterocycles. The zero-order valence-electron chi connectivity index (χ0n) is 17.8. The number of carbonyl (C=O) groups is 3. The molecular weight excluding hydrogens is 456 g/mol. The minimum Gasteiger partial charge on any atom is -0.486 e. The van der Waals surface area contributed by atoms with E-state index < -0.39 is 11.8 Å². The van der Waals surface area contributed by atoms with Gasteiger partial charge in [0.25, 0.3) is 11.8 Å². The van der Waals surface area contributed by atoms with Crippen LogP contribution in [0.3, 0.4) is 0 Å². The Labute approximate surface area is 199 Å². The normalized spacial score (nSPS) is 16.6. The van der Waals surface area contributed by atoms with Crippen LogP contribution in [0, 0.1) is 0 Å². The highest BCUT2D eigenvalue weighted by Crippen LogP contribution is 2.32. The van der Waals surface area contributed by atoms with E-state index in [1.807, 2.05) is 0 Å². The SMILES string of the molecule is C=CCN1C(=O)C(=Cc2ccc3oc(C(=O)c4ccc5c(c4)OCCO5)cc3c2)C(=O)NC1=S. The van der Waals surface area contributed by atoms with E-state index >= 15 is 0 Å². The smallest absolute Gasteiger partial charge is 0.265 e. The van der Waals surface area contributed by atoms with Gasteiger partial charge in [-0.1, -0.05) is 12.1 Å². The molecule has 1 N–H and O–H groups in total. The largest absolute Gasteiger partial charge is 0.486 e. The van der Waals surface area contributed by atoms with E-state index in [1.165, 1.54) is 17.1 Å². The molecule has 0 unspecified atom stereocenters. The lowest BCUT2D eigenvalue weighted by Gasteiger charge is -2.27. The molecule has 0 atom stereocenters. The maximum atomic E-state index is 13.0. The van der Waals surface area contributed by atoms with Gasteiger partial charge in [0.1, 0.15) is 24.4 Å². The van der Waals surface area contributed by atoms with Gasteiger partial charge < -0.3 is 13.9 Å². The molecule has 3 aromatic rings. The molecule has 1 fully saturated rings. The Morgan fingerprint density at radius 2 is 1.88 bits per heavy atom. The monoisotopic (exact) mass is 474 g/mol. The number of thiocarbonyl (C=S) groups is 1. The fraction of sp³-hybridized carbons (Fsp3) is 0.120. The summed E-state index contributed by atoms with van der Waals surface area (Å²) in [4.78, 5) is 39.4. The molecule has 0 radical (unpaired) electrons. The van der Waals surface area contributed by atoms with E-state index in [2.05, 4.69) is 11.9 Å². The van der Waals surface area contributed by atoms with E-state index in [9.17, 15) is 14.4 Å². The molecule has 2 amide bonds. The van der Waals surface area contributed by atoms with Crippen LogP contribution in [0.25, 0.3) is 17.0 Å². The zero-order valence-corrected chi connectivity index (χ0v) is 18.6. The molecule has 170 valence electrons. The molecule has 2 aliphatic rings. The van der Waals surface area contributed by atoms with Crippen molar-refractivity contribution in [2.45, 2.75) is 0 Å². The van der Waals surface area contributed by atoms with Gasteiger partial charge in [0.15, 0.2) is 22.4 Å². The first kappa shape index (κ1) is 21.6. The Hall–Kier alpha value is -4.24. The van der Waals surface area contributed by atoms with Crippen molar-refractivity contribution < 1.29 is 28.3 Å². The Morgan fingerprint density at radius 1 is 1.09 bits per heavy atom. The highest BCUT2D eigenvalue weighted by atomic mass is 32.1. The van der Waals surface area contributed by atoms with Gasteiger partial charge in [-0.3, -0.25) is 24.6 Å². The Morgan fingerprint density at radius 3 is 2.68 bits per heavy atom. The predicted molar refractivity (Wildman–Crippen MR) is 128 cm³/mol. The molecule has 0 bridgehead atoms. The van der Waals surface area contributed by atoms with Gasteiger partial charge in [0.05, 0.1) is 0 Å². The first-order valence-electron chi connectivity index (χ1n) is 10.4. The van der Waals surface area contributed by atoms with Crippen LogP contribution in [-0.4, -0.2) is 47.4 Å². The topological polar surface area (TPSA) is 98.1 Å². The molecule has 0 spiro atoms. The lowest BCUT2D eigenvalue weighted by Crippen LogP contribution is -2.53. The number of hydrogen-bond acceptors (Lipinski definition) is 7. The van der Waals surface area contributed by atoms with Gasteiger partial charge in [0.2, 0.25) is 5.78 Å². The summed E-state index contributed by atoms with van der Waals surface area (Å²) in [6.07, 6.45) is 3.00. The van der Waals surface area contributed by atoms with Crippen molar-refractivity contribution in [3.63, 3.8) is 0 Å². The van der Waals surface area contributed by atoms with Crippen molar-refractivity contribution in [1.29, 1.82) is 0 Å². The summed E-state index contributed by atoms with van der Waals surface area (Å²) in [7, 11) is 0. The van der Waals surface area contributed by atoms with E-state index in [0.29, 0.717) is 46.8 Å². The number of hydrogen-bond donors (Lipinski definition) is 1. The van der Waals surface area contributed by atoms with Crippen LogP contribution in [-0.2, 0) is 9.59 Å². The summed E-state index contributed by atoms with van der Waals surface area (Å²) in [5.74, 6) is -0.109. The number of fused-ring (bicyclic) bond motifs is 2. The van der Waals surface area contributed by atoms with Crippen molar-refractivity contribution in [1.82, 2.24) is 10.2 Å². The Bertz CT molecular complexity index is 1420. The minimum atomic E-state index is -0.572. The number of furan rings is 1. The standard InChI is InChI=1S/C25H18N2O6S/c1-2-7-27-24(30)17(23(29)26-25(27)34)11-14-3-5-18-16(10-14)13-21(33-18)22(28)15-4-6-19-20(12-15)32-9-8-31-19/h2-6,10-13H,1,7-9H2,(H,26,29,34). The van der Waals surface area contributed by atoms with E-state index in [-0.39, 0.29) is 28.8 Å². The number of nitrogens with zero attached hydrogens (tertiary/aromatic N) is 1. The third-order valence-corrected chi connectivity index (χ3v) is 5.70. The highest BCUT2D eigenvalue weighted by molar-refractivity contribution is 7.80.